The van der Waals surface area contributed by atoms with Crippen molar-refractivity contribution in [3.05, 3.63) is 94.9 Å². The number of benzene rings is 3. The Morgan fingerprint density at radius 1 is 0.828 bits per heavy atom. The van der Waals surface area contributed by atoms with Gasteiger partial charge in [0, 0.05) is 4.90 Å². The standard InChI is InChI=1S/C24H19NO3S/c1-16-13-14-20(28-2)19(15-16)25-23(26)21(17-9-5-3-6-10-17)22(24(25)27)29-18-11-7-4-8-12-18/h3-15H,1-2H3. The lowest BCUT2D eigenvalue weighted by atomic mass is 10.1. The Kier molecular flexibility index (Phi) is 5.23. The van der Waals surface area contributed by atoms with E-state index in [-0.39, 0.29) is 11.8 Å². The van der Waals surface area contributed by atoms with E-state index >= 15 is 0 Å². The molecule has 0 unspecified atom stereocenters. The molecule has 0 aliphatic carbocycles. The molecular weight excluding hydrogens is 382 g/mol. The van der Waals surface area contributed by atoms with Gasteiger partial charge >= 0.3 is 0 Å². The molecule has 0 atom stereocenters. The summed E-state index contributed by atoms with van der Waals surface area (Å²) in [5, 5.41) is 0. The minimum absolute atomic E-state index is 0.341. The fraction of sp³-hybridized carbons (Fsp3) is 0.0833. The summed E-state index contributed by atoms with van der Waals surface area (Å²) in [6, 6.07) is 24.4. The molecule has 4 rings (SSSR count). The fourth-order valence-corrected chi connectivity index (χ4v) is 4.28. The Balaban J connectivity index is 1.85. The summed E-state index contributed by atoms with van der Waals surface area (Å²) < 4.78 is 5.43. The van der Waals surface area contributed by atoms with E-state index < -0.39 is 0 Å². The first-order chi connectivity index (χ1) is 14.1. The summed E-state index contributed by atoms with van der Waals surface area (Å²) >= 11 is 1.31. The van der Waals surface area contributed by atoms with Crippen LogP contribution < -0.4 is 9.64 Å². The number of hydrogen-bond acceptors (Lipinski definition) is 4. The van der Waals surface area contributed by atoms with Crippen molar-refractivity contribution in [2.75, 3.05) is 12.0 Å². The first-order valence-corrected chi connectivity index (χ1v) is 9.98. The molecule has 0 aromatic heterocycles. The maximum Gasteiger partial charge on any atom is 0.273 e. The van der Waals surface area contributed by atoms with Crippen LogP contribution in [-0.2, 0) is 9.59 Å². The van der Waals surface area contributed by atoms with Crippen LogP contribution in [0.3, 0.4) is 0 Å². The van der Waals surface area contributed by atoms with Crippen molar-refractivity contribution < 1.29 is 14.3 Å². The van der Waals surface area contributed by atoms with Gasteiger partial charge in [-0.05, 0) is 42.3 Å². The molecule has 0 bridgehead atoms. The zero-order chi connectivity index (χ0) is 20.4. The molecular formula is C24H19NO3S. The van der Waals surface area contributed by atoms with Crippen LogP contribution in [0.5, 0.6) is 5.75 Å². The molecule has 3 aromatic carbocycles. The van der Waals surface area contributed by atoms with E-state index in [1.165, 1.54) is 23.8 Å². The van der Waals surface area contributed by atoms with Gasteiger partial charge in [0.25, 0.3) is 11.8 Å². The van der Waals surface area contributed by atoms with Crippen LogP contribution >= 0.6 is 11.8 Å². The Labute approximate surface area is 173 Å². The fourth-order valence-electron chi connectivity index (χ4n) is 3.26. The molecule has 29 heavy (non-hydrogen) atoms. The topological polar surface area (TPSA) is 46.6 Å². The highest BCUT2D eigenvalue weighted by molar-refractivity contribution is 8.04. The smallest absolute Gasteiger partial charge is 0.273 e. The third kappa shape index (κ3) is 3.57. The maximum absolute atomic E-state index is 13.5. The van der Waals surface area contributed by atoms with Crippen molar-refractivity contribution in [3.8, 4) is 5.75 Å². The maximum atomic E-state index is 13.5. The number of methoxy groups -OCH3 is 1. The Hall–Kier alpha value is -3.31. The van der Waals surface area contributed by atoms with Crippen molar-refractivity contribution in [2.24, 2.45) is 0 Å². The predicted molar refractivity (Wildman–Crippen MR) is 116 cm³/mol. The van der Waals surface area contributed by atoms with Crippen LogP contribution in [0.4, 0.5) is 5.69 Å². The van der Waals surface area contributed by atoms with Gasteiger partial charge < -0.3 is 4.74 Å². The van der Waals surface area contributed by atoms with Crippen molar-refractivity contribution in [3.63, 3.8) is 0 Å². The molecule has 4 nitrogen and oxygen atoms in total. The van der Waals surface area contributed by atoms with Crippen molar-refractivity contribution in [1.29, 1.82) is 0 Å². The van der Waals surface area contributed by atoms with Crippen LogP contribution in [0.2, 0.25) is 0 Å². The second-order valence-corrected chi connectivity index (χ2v) is 7.69. The van der Waals surface area contributed by atoms with Gasteiger partial charge in [-0.2, -0.15) is 0 Å². The molecule has 0 fully saturated rings. The van der Waals surface area contributed by atoms with Crippen LogP contribution in [0, 0.1) is 6.92 Å². The lowest BCUT2D eigenvalue weighted by Gasteiger charge is -2.19. The number of thioether (sulfide) groups is 1. The summed E-state index contributed by atoms with van der Waals surface area (Å²) in [7, 11) is 1.53. The van der Waals surface area contributed by atoms with Crippen molar-refractivity contribution in [2.45, 2.75) is 11.8 Å². The molecule has 0 spiro atoms. The third-order valence-corrected chi connectivity index (χ3v) is 5.73. The number of hydrogen-bond donors (Lipinski definition) is 0. The number of imide groups is 1. The van der Waals surface area contributed by atoms with Crippen LogP contribution in [-0.4, -0.2) is 18.9 Å². The van der Waals surface area contributed by atoms with E-state index in [2.05, 4.69) is 0 Å². The van der Waals surface area contributed by atoms with Gasteiger partial charge in [0.1, 0.15) is 5.75 Å². The van der Waals surface area contributed by atoms with E-state index in [1.807, 2.05) is 73.7 Å². The zero-order valence-corrected chi connectivity index (χ0v) is 16.9. The Bertz CT molecular complexity index is 1110. The number of nitrogens with zero attached hydrogens (tertiary/aromatic N) is 1. The Morgan fingerprint density at radius 3 is 2.14 bits per heavy atom. The summed E-state index contributed by atoms with van der Waals surface area (Å²) in [5.41, 5.74) is 2.53. The minimum atomic E-state index is -0.344. The first-order valence-electron chi connectivity index (χ1n) is 9.16. The lowest BCUT2D eigenvalue weighted by Crippen LogP contribution is -2.31. The lowest BCUT2D eigenvalue weighted by molar-refractivity contribution is -0.119. The number of rotatable bonds is 5. The molecule has 1 heterocycles. The molecule has 0 radical (unpaired) electrons. The second kappa shape index (κ2) is 7.97. The molecule has 1 aliphatic heterocycles. The average molecular weight is 401 g/mol. The first kappa shape index (κ1) is 19.0. The van der Waals surface area contributed by atoms with Gasteiger partial charge in [-0.3, -0.25) is 9.59 Å². The number of ether oxygens (including phenoxy) is 1. The molecule has 144 valence electrons. The highest BCUT2D eigenvalue weighted by Crippen LogP contribution is 2.43. The molecule has 3 aromatic rings. The van der Waals surface area contributed by atoms with E-state index in [0.29, 0.717) is 21.9 Å². The largest absolute Gasteiger partial charge is 0.495 e. The van der Waals surface area contributed by atoms with Crippen molar-refractivity contribution >= 4 is 34.8 Å². The number of carbonyl (C=O) groups is 2. The van der Waals surface area contributed by atoms with Crippen molar-refractivity contribution in [1.82, 2.24) is 0 Å². The molecule has 5 heteroatoms. The van der Waals surface area contributed by atoms with Crippen LogP contribution in [0.1, 0.15) is 11.1 Å². The van der Waals surface area contributed by atoms with Gasteiger partial charge in [-0.25, -0.2) is 4.90 Å². The number of aryl methyl sites for hydroxylation is 1. The van der Waals surface area contributed by atoms with Gasteiger partial charge in [-0.15, -0.1) is 0 Å². The van der Waals surface area contributed by atoms with E-state index in [0.717, 1.165) is 16.0 Å². The van der Waals surface area contributed by atoms with Gasteiger partial charge in [-0.1, -0.05) is 66.4 Å². The molecule has 0 saturated carbocycles. The summed E-state index contributed by atoms with van der Waals surface area (Å²) in [5.74, 6) is -0.203. The Morgan fingerprint density at radius 2 is 1.48 bits per heavy atom. The number of anilines is 1. The summed E-state index contributed by atoms with van der Waals surface area (Å²) in [6.45, 7) is 1.92. The highest BCUT2D eigenvalue weighted by atomic mass is 32.2. The number of carbonyl (C=O) groups excluding carboxylic acids is 2. The van der Waals surface area contributed by atoms with E-state index in [1.54, 1.807) is 12.1 Å². The van der Waals surface area contributed by atoms with Gasteiger partial charge in [0.15, 0.2) is 0 Å². The second-order valence-electron chi connectivity index (χ2n) is 6.61. The van der Waals surface area contributed by atoms with Crippen LogP contribution in [0.25, 0.3) is 5.57 Å². The van der Waals surface area contributed by atoms with Gasteiger partial charge in [0.05, 0.1) is 23.3 Å². The quantitative estimate of drug-likeness (QED) is 0.560. The van der Waals surface area contributed by atoms with Crippen LogP contribution in [0.15, 0.2) is 88.7 Å². The van der Waals surface area contributed by atoms with E-state index in [9.17, 15) is 9.59 Å². The SMILES string of the molecule is COc1ccc(C)cc1N1C(=O)C(Sc2ccccc2)=C(c2ccccc2)C1=O. The highest BCUT2D eigenvalue weighted by Gasteiger charge is 2.41. The monoisotopic (exact) mass is 401 g/mol. The normalized spacial score (nSPS) is 13.9. The summed E-state index contributed by atoms with van der Waals surface area (Å²) in [4.78, 5) is 29.5. The average Bonchev–Trinajstić information content (AvgIpc) is 2.99. The molecule has 1 aliphatic rings. The molecule has 0 N–H and O–H groups in total. The van der Waals surface area contributed by atoms with E-state index in [4.69, 9.17) is 4.74 Å². The minimum Gasteiger partial charge on any atom is -0.495 e. The summed E-state index contributed by atoms with van der Waals surface area (Å²) in [6.07, 6.45) is 0. The third-order valence-electron chi connectivity index (χ3n) is 4.64. The molecule has 2 amide bonds. The number of amides is 2. The molecule has 0 saturated heterocycles. The zero-order valence-electron chi connectivity index (χ0n) is 16.1. The predicted octanol–water partition coefficient (Wildman–Crippen LogP) is 5.08. The van der Waals surface area contributed by atoms with Gasteiger partial charge in [0.2, 0.25) is 0 Å².